The van der Waals surface area contributed by atoms with Crippen molar-refractivity contribution in [3.8, 4) is 11.5 Å². The Labute approximate surface area is 211 Å². The van der Waals surface area contributed by atoms with Crippen LogP contribution in [-0.2, 0) is 25.5 Å². The minimum absolute atomic E-state index is 0.0409. The van der Waals surface area contributed by atoms with Crippen molar-refractivity contribution >= 4 is 33.5 Å². The van der Waals surface area contributed by atoms with Gasteiger partial charge in [0, 0.05) is 45.2 Å². The average Bonchev–Trinajstić information content (AvgIpc) is 2.85. The van der Waals surface area contributed by atoms with Crippen LogP contribution in [0.2, 0.25) is 0 Å². The molecule has 0 amide bonds. The van der Waals surface area contributed by atoms with Crippen molar-refractivity contribution in [2.45, 2.75) is 52.9 Å². The predicted molar refractivity (Wildman–Crippen MR) is 138 cm³/mol. The van der Waals surface area contributed by atoms with Crippen molar-refractivity contribution < 1.29 is 28.5 Å². The number of esters is 2. The Morgan fingerprint density at radius 2 is 1.22 bits per heavy atom. The molecule has 2 fully saturated rings. The highest BCUT2D eigenvalue weighted by Gasteiger charge is 2.35. The number of ether oxygens (including phenoxy) is 4. The van der Waals surface area contributed by atoms with Gasteiger partial charge in [-0.25, -0.2) is 0 Å². The Kier molecular flexibility index (Phi) is 6.75. The molecule has 0 atom stereocenters. The Balaban J connectivity index is 1.49. The maximum absolute atomic E-state index is 13.0. The first-order valence-corrected chi connectivity index (χ1v) is 12.8. The zero-order valence-electron chi connectivity index (χ0n) is 21.4. The van der Waals surface area contributed by atoms with Gasteiger partial charge in [0.25, 0.3) is 0 Å². The molecule has 3 aromatic rings. The number of carbonyl (C=O) groups is 2. The monoisotopic (exact) mass is 490 g/mol. The maximum Gasteiger partial charge on any atom is 0.311 e. The smallest absolute Gasteiger partial charge is 0.311 e. The first-order chi connectivity index (χ1) is 17.3. The summed E-state index contributed by atoms with van der Waals surface area (Å²) in [4.78, 5) is 25.9. The van der Waals surface area contributed by atoms with E-state index < -0.39 is 0 Å². The summed E-state index contributed by atoms with van der Waals surface area (Å²) in [6.07, 6.45) is 2.93. The first-order valence-electron chi connectivity index (χ1n) is 12.8. The highest BCUT2D eigenvalue weighted by atomic mass is 16.5. The van der Waals surface area contributed by atoms with Gasteiger partial charge < -0.3 is 18.9 Å². The lowest BCUT2D eigenvalue weighted by molar-refractivity contribution is -0.140. The Morgan fingerprint density at radius 3 is 1.67 bits per heavy atom. The fraction of sp³-hybridized carbons (Fsp3) is 0.467. The molecule has 6 heteroatoms. The molecule has 5 rings (SSSR count). The SMILES string of the molecule is CCc1ccc2c(OC(=O)CCC3(C)COC3)c3ccccc3c(OC(=O)CCC3(C)COC3)c2c1. The number of hydrogen-bond acceptors (Lipinski definition) is 6. The normalized spacial score (nSPS) is 17.9. The summed E-state index contributed by atoms with van der Waals surface area (Å²) in [5, 5.41) is 3.05. The lowest BCUT2D eigenvalue weighted by Crippen LogP contribution is -2.40. The summed E-state index contributed by atoms with van der Waals surface area (Å²) in [6.45, 7) is 9.06. The van der Waals surface area contributed by atoms with Crippen molar-refractivity contribution in [3.05, 3.63) is 48.0 Å². The van der Waals surface area contributed by atoms with E-state index in [0.717, 1.165) is 46.4 Å². The lowest BCUT2D eigenvalue weighted by atomic mass is 9.84. The molecule has 0 radical (unpaired) electrons. The fourth-order valence-electron chi connectivity index (χ4n) is 4.91. The summed E-state index contributed by atoms with van der Waals surface area (Å²) in [5.41, 5.74) is 1.20. The van der Waals surface area contributed by atoms with Gasteiger partial charge >= 0.3 is 11.9 Å². The van der Waals surface area contributed by atoms with Crippen LogP contribution in [0.5, 0.6) is 11.5 Å². The van der Waals surface area contributed by atoms with E-state index in [0.29, 0.717) is 50.8 Å². The van der Waals surface area contributed by atoms with Crippen molar-refractivity contribution in [1.29, 1.82) is 0 Å². The third-order valence-corrected chi connectivity index (χ3v) is 7.50. The second kappa shape index (κ2) is 9.83. The Bertz CT molecular complexity index is 1300. The Morgan fingerprint density at radius 1 is 0.750 bits per heavy atom. The minimum Gasteiger partial charge on any atom is -0.425 e. The van der Waals surface area contributed by atoms with Crippen LogP contribution in [0.25, 0.3) is 21.5 Å². The van der Waals surface area contributed by atoms with Gasteiger partial charge in [0.2, 0.25) is 0 Å². The minimum atomic E-state index is -0.269. The molecular formula is C30H34O6. The molecule has 0 unspecified atom stereocenters. The van der Waals surface area contributed by atoms with Crippen LogP contribution in [0.3, 0.4) is 0 Å². The van der Waals surface area contributed by atoms with E-state index in [9.17, 15) is 9.59 Å². The van der Waals surface area contributed by atoms with Gasteiger partial charge in [0.15, 0.2) is 0 Å². The van der Waals surface area contributed by atoms with Gasteiger partial charge in [-0.15, -0.1) is 0 Å². The van der Waals surface area contributed by atoms with Crippen LogP contribution < -0.4 is 9.47 Å². The van der Waals surface area contributed by atoms with Crippen molar-refractivity contribution in [2.75, 3.05) is 26.4 Å². The number of carbonyl (C=O) groups excluding carboxylic acids is 2. The number of rotatable bonds is 9. The third kappa shape index (κ3) is 4.97. The molecule has 0 saturated carbocycles. The highest BCUT2D eigenvalue weighted by Crippen LogP contribution is 2.44. The van der Waals surface area contributed by atoms with E-state index in [1.54, 1.807) is 0 Å². The number of aryl methyl sites for hydroxylation is 1. The largest absolute Gasteiger partial charge is 0.425 e. The van der Waals surface area contributed by atoms with E-state index in [1.807, 2.05) is 42.5 Å². The van der Waals surface area contributed by atoms with Crippen LogP contribution in [0.15, 0.2) is 42.5 Å². The van der Waals surface area contributed by atoms with Crippen molar-refractivity contribution in [3.63, 3.8) is 0 Å². The summed E-state index contributed by atoms with van der Waals surface area (Å²) in [7, 11) is 0. The molecule has 36 heavy (non-hydrogen) atoms. The summed E-state index contributed by atoms with van der Waals surface area (Å²) < 4.78 is 22.7. The standard InChI is InChI=1S/C30H34O6/c1-4-20-9-10-23-24(15-20)28(36-26(32)12-14-30(3)18-34-19-30)22-8-6-5-7-21(22)27(23)35-25(31)11-13-29(2)16-33-17-29/h5-10,15H,4,11-14,16-19H2,1-3H3. The van der Waals surface area contributed by atoms with E-state index >= 15 is 0 Å². The predicted octanol–water partition coefficient (Wildman–Crippen LogP) is 6.00. The molecule has 2 aliphatic heterocycles. The van der Waals surface area contributed by atoms with E-state index in [1.165, 1.54) is 0 Å². The maximum atomic E-state index is 13.0. The van der Waals surface area contributed by atoms with Crippen LogP contribution >= 0.6 is 0 Å². The third-order valence-electron chi connectivity index (χ3n) is 7.50. The summed E-state index contributed by atoms with van der Waals surface area (Å²) in [5.74, 6) is 0.504. The number of hydrogen-bond donors (Lipinski definition) is 0. The zero-order valence-corrected chi connectivity index (χ0v) is 21.4. The van der Waals surface area contributed by atoms with Crippen LogP contribution in [0.1, 0.15) is 52.0 Å². The quantitative estimate of drug-likeness (QED) is 0.208. The Hall–Kier alpha value is -2.96. The van der Waals surface area contributed by atoms with Gasteiger partial charge in [0.05, 0.1) is 26.4 Å². The van der Waals surface area contributed by atoms with E-state index in [4.69, 9.17) is 18.9 Å². The zero-order chi connectivity index (χ0) is 25.3. The molecular weight excluding hydrogens is 456 g/mol. The van der Waals surface area contributed by atoms with Gasteiger partial charge in [-0.2, -0.15) is 0 Å². The molecule has 0 aromatic heterocycles. The summed E-state index contributed by atoms with van der Waals surface area (Å²) in [6, 6.07) is 13.7. The second-order valence-corrected chi connectivity index (χ2v) is 11.0. The lowest BCUT2D eigenvalue weighted by Gasteiger charge is -2.37. The van der Waals surface area contributed by atoms with Crippen molar-refractivity contribution in [2.24, 2.45) is 10.8 Å². The highest BCUT2D eigenvalue weighted by molar-refractivity contribution is 6.12. The molecule has 0 spiro atoms. The van der Waals surface area contributed by atoms with Gasteiger partial charge in [-0.1, -0.05) is 57.2 Å². The fourth-order valence-corrected chi connectivity index (χ4v) is 4.91. The van der Waals surface area contributed by atoms with Crippen LogP contribution in [0, 0.1) is 10.8 Å². The molecule has 190 valence electrons. The number of benzene rings is 3. The number of fused-ring (bicyclic) bond motifs is 2. The molecule has 2 aliphatic rings. The average molecular weight is 491 g/mol. The van der Waals surface area contributed by atoms with Gasteiger partial charge in [-0.05, 0) is 30.9 Å². The van der Waals surface area contributed by atoms with Crippen LogP contribution in [-0.4, -0.2) is 38.4 Å². The van der Waals surface area contributed by atoms with Gasteiger partial charge in [-0.3, -0.25) is 9.59 Å². The topological polar surface area (TPSA) is 71.1 Å². The molecule has 0 N–H and O–H groups in total. The molecule has 3 aromatic carbocycles. The molecule has 2 heterocycles. The van der Waals surface area contributed by atoms with Crippen molar-refractivity contribution in [1.82, 2.24) is 0 Å². The molecule has 2 saturated heterocycles. The van der Waals surface area contributed by atoms with E-state index in [-0.39, 0.29) is 22.8 Å². The van der Waals surface area contributed by atoms with Gasteiger partial charge in [0.1, 0.15) is 11.5 Å². The first kappa shape index (κ1) is 24.7. The molecule has 0 bridgehead atoms. The van der Waals surface area contributed by atoms with E-state index in [2.05, 4.69) is 20.8 Å². The molecule has 0 aliphatic carbocycles. The van der Waals surface area contributed by atoms with Crippen LogP contribution in [0.4, 0.5) is 0 Å². The summed E-state index contributed by atoms with van der Waals surface area (Å²) >= 11 is 0. The molecule has 6 nitrogen and oxygen atoms in total. The second-order valence-electron chi connectivity index (χ2n) is 11.0.